The number of nitrogens with zero attached hydrogens (tertiary/aromatic N) is 1. The molecule has 1 aliphatic heterocycles. The zero-order chi connectivity index (χ0) is 13.9. The Kier molecular flexibility index (Phi) is 4.01. The summed E-state index contributed by atoms with van der Waals surface area (Å²) < 4.78 is 5.64. The van der Waals surface area contributed by atoms with E-state index in [1.807, 2.05) is 13.8 Å². The van der Waals surface area contributed by atoms with Crippen molar-refractivity contribution in [2.75, 3.05) is 18.6 Å². The highest BCUT2D eigenvalue weighted by Gasteiger charge is 2.30. The van der Waals surface area contributed by atoms with Crippen LogP contribution in [0.2, 0.25) is 0 Å². The summed E-state index contributed by atoms with van der Waals surface area (Å²) >= 11 is 0. The van der Waals surface area contributed by atoms with Gasteiger partial charge < -0.3 is 15.5 Å². The Morgan fingerprint density at radius 2 is 2.37 bits per heavy atom. The number of hydrazine groups is 1. The number of carbonyl (C=O) groups excluding carboxylic acids is 1. The van der Waals surface area contributed by atoms with E-state index in [0.29, 0.717) is 17.9 Å². The first-order chi connectivity index (χ1) is 9.02. The number of amides is 1. The van der Waals surface area contributed by atoms with Crippen LogP contribution >= 0.6 is 0 Å². The Morgan fingerprint density at radius 1 is 1.58 bits per heavy atom. The number of aryl methyl sites for hydroxylation is 1. The van der Waals surface area contributed by atoms with Gasteiger partial charge in [0, 0.05) is 24.4 Å². The molecule has 104 valence electrons. The maximum absolute atomic E-state index is 12.1. The Bertz CT molecular complexity index is 470. The molecule has 0 spiro atoms. The van der Waals surface area contributed by atoms with Crippen LogP contribution in [0.5, 0.6) is 0 Å². The van der Waals surface area contributed by atoms with E-state index in [-0.39, 0.29) is 11.5 Å². The van der Waals surface area contributed by atoms with Crippen molar-refractivity contribution in [2.24, 2.45) is 5.84 Å². The van der Waals surface area contributed by atoms with E-state index in [0.717, 1.165) is 25.1 Å². The molecule has 2 rings (SSSR count). The molecule has 1 aromatic heterocycles. The molecule has 4 N–H and O–H groups in total. The predicted octanol–water partition coefficient (Wildman–Crippen LogP) is 0.975. The highest BCUT2D eigenvalue weighted by molar-refractivity contribution is 5.95. The van der Waals surface area contributed by atoms with Crippen LogP contribution < -0.4 is 16.6 Å². The van der Waals surface area contributed by atoms with Crippen LogP contribution in [0.25, 0.3) is 0 Å². The lowest BCUT2D eigenvalue weighted by atomic mass is 10.0. The van der Waals surface area contributed by atoms with Crippen LogP contribution in [-0.4, -0.2) is 29.6 Å². The van der Waals surface area contributed by atoms with Crippen molar-refractivity contribution >= 4 is 11.7 Å². The van der Waals surface area contributed by atoms with E-state index in [1.54, 1.807) is 12.1 Å². The molecular formula is C13H20N4O2. The first-order valence-corrected chi connectivity index (χ1v) is 6.40. The maximum Gasteiger partial charge on any atom is 0.251 e. The summed E-state index contributed by atoms with van der Waals surface area (Å²) in [4.78, 5) is 16.2. The summed E-state index contributed by atoms with van der Waals surface area (Å²) in [5, 5.41) is 2.90. The Morgan fingerprint density at radius 3 is 3.00 bits per heavy atom. The minimum Gasteiger partial charge on any atom is -0.373 e. The van der Waals surface area contributed by atoms with Crippen molar-refractivity contribution in [3.05, 3.63) is 23.4 Å². The molecule has 0 aromatic carbocycles. The molecular weight excluding hydrogens is 244 g/mol. The van der Waals surface area contributed by atoms with Crippen molar-refractivity contribution < 1.29 is 9.53 Å². The predicted molar refractivity (Wildman–Crippen MR) is 72.7 cm³/mol. The Labute approximate surface area is 112 Å². The molecule has 1 fully saturated rings. The van der Waals surface area contributed by atoms with Crippen molar-refractivity contribution in [3.8, 4) is 0 Å². The van der Waals surface area contributed by atoms with Gasteiger partial charge in [0.15, 0.2) is 0 Å². The van der Waals surface area contributed by atoms with Gasteiger partial charge in [-0.1, -0.05) is 0 Å². The highest BCUT2D eigenvalue weighted by Crippen LogP contribution is 2.24. The van der Waals surface area contributed by atoms with Gasteiger partial charge in [-0.3, -0.25) is 4.79 Å². The average molecular weight is 264 g/mol. The van der Waals surface area contributed by atoms with Crippen molar-refractivity contribution in [1.82, 2.24) is 10.3 Å². The lowest BCUT2D eigenvalue weighted by Crippen LogP contribution is -2.40. The lowest BCUT2D eigenvalue weighted by Gasteiger charge is -2.23. The fourth-order valence-corrected chi connectivity index (χ4v) is 2.22. The van der Waals surface area contributed by atoms with Gasteiger partial charge in [0.2, 0.25) is 0 Å². The van der Waals surface area contributed by atoms with Gasteiger partial charge in [0.25, 0.3) is 5.91 Å². The van der Waals surface area contributed by atoms with Crippen LogP contribution in [0.1, 0.15) is 35.8 Å². The third-order valence-corrected chi connectivity index (χ3v) is 3.29. The Hall–Kier alpha value is -1.66. The molecule has 1 aliphatic rings. The first-order valence-electron chi connectivity index (χ1n) is 6.40. The second-order valence-electron chi connectivity index (χ2n) is 5.11. The average Bonchev–Trinajstić information content (AvgIpc) is 2.82. The molecule has 1 aromatic rings. The zero-order valence-corrected chi connectivity index (χ0v) is 11.3. The molecule has 1 saturated heterocycles. The summed E-state index contributed by atoms with van der Waals surface area (Å²) in [6, 6.07) is 3.36. The van der Waals surface area contributed by atoms with Crippen LogP contribution in [-0.2, 0) is 4.74 Å². The fraction of sp³-hybridized carbons (Fsp3) is 0.538. The van der Waals surface area contributed by atoms with Gasteiger partial charge in [-0.25, -0.2) is 10.8 Å². The number of nitrogens with one attached hydrogen (secondary N) is 2. The van der Waals surface area contributed by atoms with E-state index in [4.69, 9.17) is 10.6 Å². The summed E-state index contributed by atoms with van der Waals surface area (Å²) in [6.45, 7) is 5.12. The largest absolute Gasteiger partial charge is 0.373 e. The summed E-state index contributed by atoms with van der Waals surface area (Å²) in [6.07, 6.45) is 2.01. The minimum atomic E-state index is -0.243. The molecule has 1 amide bonds. The monoisotopic (exact) mass is 264 g/mol. The molecule has 0 bridgehead atoms. The third-order valence-electron chi connectivity index (χ3n) is 3.29. The number of pyridine rings is 1. The maximum atomic E-state index is 12.1. The standard InChI is InChI=1S/C13H20N4O2/c1-9-6-10(7-11(16-9)17-14)12(18)15-8-13(2)4-3-5-19-13/h6-7H,3-5,8,14H2,1-2H3,(H,15,18)(H,16,17). The Balaban J connectivity index is 2.01. The normalized spacial score (nSPS) is 22.3. The molecule has 0 aliphatic carbocycles. The zero-order valence-electron chi connectivity index (χ0n) is 11.3. The number of hydrogen-bond donors (Lipinski definition) is 3. The van der Waals surface area contributed by atoms with Crippen molar-refractivity contribution in [1.29, 1.82) is 0 Å². The highest BCUT2D eigenvalue weighted by atomic mass is 16.5. The molecule has 1 unspecified atom stereocenters. The summed E-state index contributed by atoms with van der Waals surface area (Å²) in [7, 11) is 0. The molecule has 0 saturated carbocycles. The molecule has 6 heteroatoms. The van der Waals surface area contributed by atoms with Gasteiger partial charge in [-0.2, -0.15) is 0 Å². The van der Waals surface area contributed by atoms with Crippen LogP contribution in [0.15, 0.2) is 12.1 Å². The second-order valence-corrected chi connectivity index (χ2v) is 5.11. The molecule has 2 heterocycles. The third kappa shape index (κ3) is 3.42. The number of rotatable bonds is 4. The van der Waals surface area contributed by atoms with Gasteiger partial charge in [0.1, 0.15) is 5.82 Å². The number of nitrogen functional groups attached to an aromatic ring is 1. The van der Waals surface area contributed by atoms with E-state index in [2.05, 4.69) is 15.7 Å². The second kappa shape index (κ2) is 5.54. The fourth-order valence-electron chi connectivity index (χ4n) is 2.22. The topological polar surface area (TPSA) is 89.3 Å². The van der Waals surface area contributed by atoms with Crippen LogP contribution in [0.3, 0.4) is 0 Å². The number of hydrogen-bond acceptors (Lipinski definition) is 5. The van der Waals surface area contributed by atoms with Crippen molar-refractivity contribution in [2.45, 2.75) is 32.3 Å². The minimum absolute atomic E-state index is 0.140. The van der Waals surface area contributed by atoms with E-state index < -0.39 is 0 Å². The van der Waals surface area contributed by atoms with Crippen LogP contribution in [0.4, 0.5) is 5.82 Å². The summed E-state index contributed by atoms with van der Waals surface area (Å²) in [5.74, 6) is 5.66. The SMILES string of the molecule is Cc1cc(C(=O)NCC2(C)CCCO2)cc(NN)n1. The quantitative estimate of drug-likeness (QED) is 0.557. The smallest absolute Gasteiger partial charge is 0.251 e. The number of aromatic nitrogens is 1. The van der Waals surface area contributed by atoms with E-state index in [9.17, 15) is 4.79 Å². The molecule has 0 radical (unpaired) electrons. The lowest BCUT2D eigenvalue weighted by molar-refractivity contribution is 0.0206. The van der Waals surface area contributed by atoms with E-state index in [1.165, 1.54) is 0 Å². The number of ether oxygens (including phenoxy) is 1. The number of nitrogens with two attached hydrogens (primary N) is 1. The van der Waals surface area contributed by atoms with Crippen LogP contribution in [0, 0.1) is 6.92 Å². The number of carbonyl (C=O) groups is 1. The first kappa shape index (κ1) is 13.8. The molecule has 6 nitrogen and oxygen atoms in total. The van der Waals surface area contributed by atoms with Gasteiger partial charge >= 0.3 is 0 Å². The van der Waals surface area contributed by atoms with Crippen molar-refractivity contribution in [3.63, 3.8) is 0 Å². The molecule has 1 atom stereocenters. The number of anilines is 1. The van der Waals surface area contributed by atoms with Gasteiger partial charge in [-0.15, -0.1) is 0 Å². The van der Waals surface area contributed by atoms with E-state index >= 15 is 0 Å². The molecule has 19 heavy (non-hydrogen) atoms. The van der Waals surface area contributed by atoms with Gasteiger partial charge in [0.05, 0.1) is 5.60 Å². The van der Waals surface area contributed by atoms with Gasteiger partial charge in [-0.05, 0) is 38.8 Å². The summed E-state index contributed by atoms with van der Waals surface area (Å²) in [5.41, 5.74) is 3.49.